The summed E-state index contributed by atoms with van der Waals surface area (Å²) in [4.78, 5) is 93.9. The van der Waals surface area contributed by atoms with Crippen LogP contribution in [0.15, 0.2) is 91.0 Å². The van der Waals surface area contributed by atoms with Crippen LogP contribution in [0, 0.1) is 0 Å². The number of methoxy groups -OCH3 is 2. The third-order valence-corrected chi connectivity index (χ3v) is 15.1. The van der Waals surface area contributed by atoms with Crippen LogP contribution < -0.4 is 65.3 Å². The first-order valence-electron chi connectivity index (χ1n) is 27.7. The lowest BCUT2D eigenvalue weighted by atomic mass is 10.1. The van der Waals surface area contributed by atoms with E-state index < -0.39 is 23.9 Å². The Kier molecular flexibility index (Phi) is 18.3. The molecule has 9 rings (SSSR count). The van der Waals surface area contributed by atoms with E-state index in [1.807, 2.05) is 85.4 Å². The highest BCUT2D eigenvalue weighted by Crippen LogP contribution is 2.44. The predicted molar refractivity (Wildman–Crippen MR) is 309 cm³/mol. The molecule has 20 nitrogen and oxygen atoms in total. The van der Waals surface area contributed by atoms with Crippen molar-refractivity contribution in [3.05, 3.63) is 124 Å². The van der Waals surface area contributed by atoms with Gasteiger partial charge >= 0.3 is 0 Å². The van der Waals surface area contributed by atoms with Crippen molar-refractivity contribution in [2.24, 2.45) is 0 Å². The van der Waals surface area contributed by atoms with Crippen molar-refractivity contribution in [2.75, 3.05) is 86.0 Å². The molecule has 0 fully saturated rings. The van der Waals surface area contributed by atoms with E-state index >= 15 is 0 Å². The standard InChI is InChI=1S/C61H73N9O11/c1-8-63-81-23-15-22-62-56(71)20-13-14-21-57(72)64-37(2)58(73)65-38(3)59(74)66-43-25-39(35-79-54-31-50-46(29-52(54)77-6)60(75)69-44(33-67(50)4)27-41-16-9-11-18-48(41)69)24-40(26-43)36-80-55-32-51-47(30-53(55)78-7)61(76)70-45(34-68(51)5)28-42-17-10-12-19-49(42)70/h9-12,16-19,24-26,29-32,37-38,44-45,63H,8,13-15,20-23,27-28,33-36H2,1-7H3,(H,62,71)(H,64,72)(H,65,73)(H,66,74)/t37-,38-,44-,45-/m0/s1. The molecule has 0 aliphatic carbocycles. The summed E-state index contributed by atoms with van der Waals surface area (Å²) in [6, 6.07) is 26.4. The first-order valence-corrected chi connectivity index (χ1v) is 27.7. The molecule has 0 saturated heterocycles. The fourth-order valence-corrected chi connectivity index (χ4v) is 11.0. The summed E-state index contributed by atoms with van der Waals surface area (Å²) in [5, 5.41) is 11.2. The summed E-state index contributed by atoms with van der Waals surface area (Å²) in [7, 11) is 6.98. The highest BCUT2D eigenvalue weighted by atomic mass is 16.6. The predicted octanol–water partition coefficient (Wildman–Crippen LogP) is 6.46. The topological polar surface area (TPSA) is 222 Å². The number of hydrogen-bond acceptors (Lipinski definition) is 14. The minimum Gasteiger partial charge on any atom is -0.493 e. The number of anilines is 5. The Morgan fingerprint density at radius 1 is 0.605 bits per heavy atom. The molecular formula is C61H73N9O11. The second kappa shape index (κ2) is 25.8. The molecular weight excluding hydrogens is 1030 g/mol. The second-order valence-electron chi connectivity index (χ2n) is 21.0. The van der Waals surface area contributed by atoms with Crippen LogP contribution >= 0.6 is 0 Å². The molecule has 0 spiro atoms. The Labute approximate surface area is 472 Å². The molecule has 5 aromatic carbocycles. The lowest BCUT2D eigenvalue weighted by Crippen LogP contribution is -2.50. The van der Waals surface area contributed by atoms with E-state index in [-0.39, 0.29) is 61.8 Å². The number of carbonyl (C=O) groups is 6. The van der Waals surface area contributed by atoms with Gasteiger partial charge in [-0.05, 0) is 111 Å². The minimum absolute atomic E-state index is 0.00529. The lowest BCUT2D eigenvalue weighted by Gasteiger charge is -2.25. The summed E-state index contributed by atoms with van der Waals surface area (Å²) in [5.41, 5.74) is 10.9. The summed E-state index contributed by atoms with van der Waals surface area (Å²) in [5.74, 6) is -0.237. The van der Waals surface area contributed by atoms with E-state index in [1.165, 1.54) is 21.1 Å². The molecule has 4 aliphatic rings. The smallest absolute Gasteiger partial charge is 0.260 e. The number of hydrogen-bond donors (Lipinski definition) is 5. The zero-order valence-corrected chi connectivity index (χ0v) is 47.1. The maximum absolute atomic E-state index is 14.3. The number of amides is 6. The number of para-hydroxylation sites is 2. The number of unbranched alkanes of at least 4 members (excludes halogenated alkanes) is 1. The first kappa shape index (κ1) is 57.3. The lowest BCUT2D eigenvalue weighted by molar-refractivity contribution is -0.130. The molecule has 20 heteroatoms. The van der Waals surface area contributed by atoms with Gasteiger partial charge in [-0.1, -0.05) is 43.3 Å². The number of rotatable bonds is 24. The van der Waals surface area contributed by atoms with Crippen LogP contribution in [0.4, 0.5) is 28.4 Å². The maximum atomic E-state index is 14.3. The Morgan fingerprint density at radius 3 is 1.63 bits per heavy atom. The fraction of sp³-hybridized carbons (Fsp3) is 0.410. The average molecular weight is 1110 g/mol. The molecule has 6 amide bonds. The van der Waals surface area contributed by atoms with Gasteiger partial charge in [0.05, 0.1) is 55.4 Å². The molecule has 5 aromatic rings. The average Bonchev–Trinajstić information content (AvgIpc) is 3.97. The van der Waals surface area contributed by atoms with Gasteiger partial charge in [0, 0.05) is 82.3 Å². The van der Waals surface area contributed by atoms with Crippen LogP contribution in [0.2, 0.25) is 0 Å². The van der Waals surface area contributed by atoms with Crippen LogP contribution in [-0.2, 0) is 50.1 Å². The van der Waals surface area contributed by atoms with E-state index in [0.29, 0.717) is 114 Å². The van der Waals surface area contributed by atoms with E-state index in [4.69, 9.17) is 23.8 Å². The molecule has 0 unspecified atom stereocenters. The van der Waals surface area contributed by atoms with Crippen molar-refractivity contribution in [3.8, 4) is 23.0 Å². The monoisotopic (exact) mass is 1110 g/mol. The van der Waals surface area contributed by atoms with E-state index in [1.54, 1.807) is 31.2 Å². The number of fused-ring (bicyclic) bond motifs is 8. The number of carbonyl (C=O) groups excluding carboxylic acids is 6. The van der Waals surface area contributed by atoms with Crippen molar-refractivity contribution in [3.63, 3.8) is 0 Å². The van der Waals surface area contributed by atoms with Crippen LogP contribution in [0.1, 0.15) is 95.8 Å². The zero-order valence-electron chi connectivity index (χ0n) is 47.1. The van der Waals surface area contributed by atoms with Crippen molar-refractivity contribution < 1.29 is 52.6 Å². The maximum Gasteiger partial charge on any atom is 0.260 e. The van der Waals surface area contributed by atoms with Crippen molar-refractivity contribution >= 4 is 63.9 Å². The Bertz CT molecular complexity index is 3010. The third-order valence-electron chi connectivity index (χ3n) is 15.1. The molecule has 0 saturated carbocycles. The van der Waals surface area contributed by atoms with Gasteiger partial charge in [0.2, 0.25) is 23.6 Å². The first-order chi connectivity index (χ1) is 39.1. The summed E-state index contributed by atoms with van der Waals surface area (Å²) in [6.07, 6.45) is 3.51. The Balaban J connectivity index is 0.892. The molecule has 428 valence electrons. The van der Waals surface area contributed by atoms with Gasteiger partial charge in [0.25, 0.3) is 11.8 Å². The molecule has 4 atom stereocenters. The third kappa shape index (κ3) is 13.1. The quantitative estimate of drug-likeness (QED) is 0.0331. The van der Waals surface area contributed by atoms with E-state index in [9.17, 15) is 28.8 Å². The Hall–Kier alpha value is -8.36. The molecule has 81 heavy (non-hydrogen) atoms. The summed E-state index contributed by atoms with van der Waals surface area (Å²) >= 11 is 0. The molecule has 4 aliphatic heterocycles. The molecule has 0 bridgehead atoms. The Morgan fingerprint density at radius 2 is 1.11 bits per heavy atom. The van der Waals surface area contributed by atoms with Crippen molar-refractivity contribution in [1.29, 1.82) is 0 Å². The molecule has 5 N–H and O–H groups in total. The van der Waals surface area contributed by atoms with Gasteiger partial charge in [-0.15, -0.1) is 0 Å². The van der Waals surface area contributed by atoms with Crippen LogP contribution in [0.3, 0.4) is 0 Å². The van der Waals surface area contributed by atoms with E-state index in [2.05, 4.69) is 48.7 Å². The number of nitrogens with zero attached hydrogens (tertiary/aromatic N) is 4. The minimum atomic E-state index is -1.02. The number of ether oxygens (including phenoxy) is 4. The molecule has 4 heterocycles. The number of likely N-dealkylation sites (N-methyl/N-ethyl adjacent to an activating group) is 2. The fourth-order valence-electron chi connectivity index (χ4n) is 11.0. The number of hydroxylamine groups is 1. The zero-order chi connectivity index (χ0) is 57.3. The van der Waals surface area contributed by atoms with Gasteiger partial charge in [0.15, 0.2) is 23.0 Å². The van der Waals surface area contributed by atoms with Gasteiger partial charge in [0.1, 0.15) is 25.3 Å². The SMILES string of the molecule is CCNOCCCNC(=O)CCCCC(=O)N[C@@H](C)C(=O)N[C@@H](C)C(=O)Nc1cc(COc2cc3c(cc2OC)C(=O)N2c4ccccc4C[C@H]2CN3C)cc(COc2cc3c(cc2OC)C(=O)N2c4ccccc4C[C@H]2CN3C)c1. The normalized spacial score (nSPS) is 16.5. The molecule has 0 aromatic heterocycles. The van der Waals surface area contributed by atoms with Crippen molar-refractivity contribution in [1.82, 2.24) is 21.4 Å². The number of nitrogens with one attached hydrogen (secondary N) is 5. The highest BCUT2D eigenvalue weighted by Gasteiger charge is 2.41. The van der Waals surface area contributed by atoms with Gasteiger partial charge in [-0.25, -0.2) is 5.48 Å². The van der Waals surface area contributed by atoms with Crippen LogP contribution in [0.25, 0.3) is 0 Å². The van der Waals surface area contributed by atoms with Crippen LogP contribution in [-0.4, -0.2) is 121 Å². The van der Waals surface area contributed by atoms with Crippen molar-refractivity contribution in [2.45, 2.75) is 103 Å². The van der Waals surface area contributed by atoms with Gasteiger partial charge in [-0.3, -0.25) is 28.8 Å². The van der Waals surface area contributed by atoms with Crippen LogP contribution in [0.5, 0.6) is 23.0 Å². The number of benzene rings is 5. The summed E-state index contributed by atoms with van der Waals surface area (Å²) < 4.78 is 24.8. The van der Waals surface area contributed by atoms with Gasteiger partial charge in [-0.2, -0.15) is 0 Å². The highest BCUT2D eigenvalue weighted by molar-refractivity contribution is 6.13. The summed E-state index contributed by atoms with van der Waals surface area (Å²) in [6.45, 7) is 7.89. The largest absolute Gasteiger partial charge is 0.493 e. The molecule has 0 radical (unpaired) electrons. The van der Waals surface area contributed by atoms with Gasteiger partial charge < -0.3 is 64.7 Å². The second-order valence-corrected chi connectivity index (χ2v) is 21.0. The van der Waals surface area contributed by atoms with E-state index in [0.717, 1.165) is 35.3 Å².